The van der Waals surface area contributed by atoms with Crippen LogP contribution < -0.4 is 16.0 Å². The number of carbonyl (C=O) groups excluding carboxylic acids is 2. The number of hydrogen-bond donors (Lipinski definition) is 1. The summed E-state index contributed by atoms with van der Waals surface area (Å²) in [6, 6.07) is 13.4. The van der Waals surface area contributed by atoms with Gasteiger partial charge in [-0.05, 0) is 30.3 Å². The molecule has 1 aliphatic heterocycles. The smallest absolute Gasteiger partial charge is 0.314 e. The number of pyridine rings is 1. The molecule has 1 fully saturated rings. The molecule has 0 unspecified atom stereocenters. The van der Waals surface area contributed by atoms with Gasteiger partial charge in [-0.2, -0.15) is 0 Å². The second-order valence-electron chi connectivity index (χ2n) is 8.88. The van der Waals surface area contributed by atoms with Crippen LogP contribution in [0.5, 0.6) is 5.75 Å². The van der Waals surface area contributed by atoms with Gasteiger partial charge in [0.05, 0.1) is 26.8 Å². The minimum absolute atomic E-state index is 0.000400. The average Bonchev–Trinajstić information content (AvgIpc) is 3.57. The summed E-state index contributed by atoms with van der Waals surface area (Å²) < 4.78 is 10.1. The Kier molecular flexibility index (Phi) is 7.57. The number of Topliss-reactive ketones (excluding diaryl/α,β-unsaturated/α-hetero) is 1. The Morgan fingerprint density at radius 2 is 1.95 bits per heavy atom. The van der Waals surface area contributed by atoms with E-state index >= 15 is 0 Å². The van der Waals surface area contributed by atoms with E-state index < -0.39 is 6.03 Å². The lowest BCUT2D eigenvalue weighted by atomic mass is 10.1. The van der Waals surface area contributed by atoms with E-state index in [9.17, 15) is 14.4 Å². The number of ether oxygens (including phenoxy) is 1. The Hall–Kier alpha value is -3.96. The molecule has 1 aromatic carbocycles. The highest BCUT2D eigenvalue weighted by molar-refractivity contribution is 7.18. The Labute approximate surface area is 227 Å². The van der Waals surface area contributed by atoms with Crippen molar-refractivity contribution in [1.29, 1.82) is 0 Å². The zero-order chi connectivity index (χ0) is 26.6. The van der Waals surface area contributed by atoms with E-state index in [0.29, 0.717) is 64.4 Å². The summed E-state index contributed by atoms with van der Waals surface area (Å²) in [5.41, 5.74) is 7.19. The number of amides is 2. The second kappa shape index (κ2) is 11.2. The molecule has 0 radical (unpaired) electrons. The summed E-state index contributed by atoms with van der Waals surface area (Å²) in [5, 5.41) is 8.51. The van der Waals surface area contributed by atoms with Gasteiger partial charge < -0.3 is 15.4 Å². The zero-order valence-corrected chi connectivity index (χ0v) is 21.9. The van der Waals surface area contributed by atoms with Gasteiger partial charge in [0.15, 0.2) is 5.78 Å². The maximum Gasteiger partial charge on any atom is 0.314 e. The van der Waals surface area contributed by atoms with Crippen LogP contribution >= 0.6 is 22.9 Å². The quantitative estimate of drug-likeness (QED) is 0.331. The monoisotopic (exact) mass is 552 g/mol. The van der Waals surface area contributed by atoms with Gasteiger partial charge in [0.25, 0.3) is 5.56 Å². The van der Waals surface area contributed by atoms with E-state index in [2.05, 4.69) is 10.3 Å². The molecular formula is C26H25ClN6O4S. The molecule has 0 spiro atoms. The van der Waals surface area contributed by atoms with Gasteiger partial charge in [0.2, 0.25) is 0 Å². The number of nitrogens with zero attached hydrogens (tertiary/aromatic N) is 5. The van der Waals surface area contributed by atoms with Crippen molar-refractivity contribution in [3.63, 3.8) is 0 Å². The van der Waals surface area contributed by atoms with Crippen LogP contribution in [0.25, 0.3) is 11.4 Å². The number of benzene rings is 1. The lowest BCUT2D eigenvalue weighted by Crippen LogP contribution is -2.44. The molecule has 196 valence electrons. The first-order chi connectivity index (χ1) is 18.4. The molecule has 0 bridgehead atoms. The van der Waals surface area contributed by atoms with Gasteiger partial charge >= 0.3 is 6.03 Å². The Morgan fingerprint density at radius 1 is 1.13 bits per heavy atom. The number of hydrogen-bond acceptors (Lipinski definition) is 7. The molecule has 3 aromatic heterocycles. The van der Waals surface area contributed by atoms with Crippen LogP contribution in [0.4, 0.5) is 4.79 Å². The van der Waals surface area contributed by atoms with Crippen LogP contribution in [0, 0.1) is 0 Å². The minimum atomic E-state index is -0.439. The van der Waals surface area contributed by atoms with Gasteiger partial charge in [-0.1, -0.05) is 22.9 Å². The lowest BCUT2D eigenvalue weighted by molar-refractivity contribution is 0.0986. The molecule has 38 heavy (non-hydrogen) atoms. The summed E-state index contributed by atoms with van der Waals surface area (Å²) in [7, 11) is 0. The number of thiophene rings is 1. The number of likely N-dealkylation sites (tertiary alicyclic amines) is 1. The molecule has 0 atom stereocenters. The summed E-state index contributed by atoms with van der Waals surface area (Å²) in [5.74, 6) is 0.525. The fourth-order valence-electron chi connectivity index (χ4n) is 4.31. The number of carbonyl (C=O) groups is 2. The van der Waals surface area contributed by atoms with Gasteiger partial charge in [0.1, 0.15) is 17.5 Å². The van der Waals surface area contributed by atoms with Gasteiger partial charge in [-0.15, -0.1) is 16.4 Å². The molecule has 0 saturated carbocycles. The van der Waals surface area contributed by atoms with Crippen molar-refractivity contribution in [3.8, 4) is 17.1 Å². The minimum Gasteiger partial charge on any atom is -0.488 e. The number of primary amides is 1. The summed E-state index contributed by atoms with van der Waals surface area (Å²) >= 11 is 7.20. The molecule has 12 heteroatoms. The molecule has 4 aromatic rings. The van der Waals surface area contributed by atoms with Crippen molar-refractivity contribution in [1.82, 2.24) is 24.5 Å². The fraction of sp³-hybridized carbons (Fsp3) is 0.269. The van der Waals surface area contributed by atoms with Crippen molar-refractivity contribution in [2.45, 2.75) is 31.8 Å². The molecule has 5 rings (SSSR count). The highest BCUT2D eigenvalue weighted by Gasteiger charge is 2.24. The van der Waals surface area contributed by atoms with E-state index in [1.165, 1.54) is 22.0 Å². The predicted molar refractivity (Wildman–Crippen MR) is 144 cm³/mol. The molecule has 1 aliphatic rings. The summed E-state index contributed by atoms with van der Waals surface area (Å²) in [4.78, 5) is 38.6. The predicted octanol–water partition coefficient (Wildman–Crippen LogP) is 3.87. The molecule has 1 saturated heterocycles. The highest BCUT2D eigenvalue weighted by atomic mass is 35.5. The number of aryl methyl sites for hydroxylation is 1. The lowest BCUT2D eigenvalue weighted by Gasteiger charge is -2.31. The largest absolute Gasteiger partial charge is 0.488 e. The summed E-state index contributed by atoms with van der Waals surface area (Å²) in [6.45, 7) is 1.01. The van der Waals surface area contributed by atoms with Crippen molar-refractivity contribution in [3.05, 3.63) is 86.2 Å². The van der Waals surface area contributed by atoms with E-state index in [0.717, 1.165) is 0 Å². The van der Waals surface area contributed by atoms with Crippen LogP contribution in [0.2, 0.25) is 4.34 Å². The number of aromatic nitrogens is 4. The van der Waals surface area contributed by atoms with E-state index in [1.54, 1.807) is 52.3 Å². The normalized spacial score (nSPS) is 14.0. The highest BCUT2D eigenvalue weighted by Crippen LogP contribution is 2.29. The maximum atomic E-state index is 12.5. The van der Waals surface area contributed by atoms with Crippen LogP contribution in [-0.2, 0) is 6.42 Å². The van der Waals surface area contributed by atoms with Crippen molar-refractivity contribution < 1.29 is 14.3 Å². The Balaban J connectivity index is 1.38. The van der Waals surface area contributed by atoms with Gasteiger partial charge in [-0.25, -0.2) is 9.48 Å². The number of piperidine rings is 1. The number of urea groups is 1. The topological polar surface area (TPSA) is 125 Å². The molecule has 2 amide bonds. The molecule has 0 aliphatic carbocycles. The van der Waals surface area contributed by atoms with Crippen molar-refractivity contribution in [2.75, 3.05) is 13.1 Å². The van der Waals surface area contributed by atoms with Gasteiger partial charge in [0, 0.05) is 57.1 Å². The molecule has 2 N–H and O–H groups in total. The fourth-order valence-corrected chi connectivity index (χ4v) is 5.32. The molecule has 4 heterocycles. The van der Waals surface area contributed by atoms with Gasteiger partial charge in [-0.3, -0.25) is 14.2 Å². The summed E-state index contributed by atoms with van der Waals surface area (Å²) in [6.07, 6.45) is 5.26. The maximum absolute atomic E-state index is 12.5. The van der Waals surface area contributed by atoms with Crippen molar-refractivity contribution in [2.24, 2.45) is 5.73 Å². The van der Waals surface area contributed by atoms with Crippen LogP contribution in [0.15, 0.2) is 65.7 Å². The zero-order valence-electron chi connectivity index (χ0n) is 20.3. The third-order valence-corrected chi connectivity index (χ3v) is 7.61. The SMILES string of the molecule is NC(=O)N1CCC(Oc2cc(-n3ccccc3=O)ccc2-n2cc(CCC(=O)c3ccc(Cl)s3)nn2)CC1. The third kappa shape index (κ3) is 5.79. The number of nitrogens with two attached hydrogens (primary N) is 1. The number of rotatable bonds is 8. The van der Waals surface area contributed by atoms with Crippen LogP contribution in [0.1, 0.15) is 34.6 Å². The van der Waals surface area contributed by atoms with E-state index in [-0.39, 0.29) is 23.9 Å². The Bertz CT molecular complexity index is 1520. The molecule has 10 nitrogen and oxygen atoms in total. The number of ketones is 1. The van der Waals surface area contributed by atoms with Crippen molar-refractivity contribution >= 4 is 34.8 Å². The van der Waals surface area contributed by atoms with E-state index in [1.807, 2.05) is 12.1 Å². The standard InChI is InChI=1S/C26H25ClN6O4S/c27-24-9-8-23(38-24)21(34)7-4-17-16-33(30-29-17)20-6-5-18(32-12-2-1-3-25(32)35)15-22(20)37-19-10-13-31(14-11-19)26(28)36/h1-3,5-6,8-9,12,15-16,19H,4,7,10-11,13-14H2,(H2,28,36). The first-order valence-electron chi connectivity index (χ1n) is 12.1. The van der Waals surface area contributed by atoms with Crippen LogP contribution in [0.3, 0.4) is 0 Å². The van der Waals surface area contributed by atoms with E-state index in [4.69, 9.17) is 22.1 Å². The number of halogens is 1. The van der Waals surface area contributed by atoms with Crippen LogP contribution in [-0.4, -0.2) is 55.5 Å². The third-order valence-electron chi connectivity index (χ3n) is 6.34. The average molecular weight is 553 g/mol. The molecular weight excluding hydrogens is 528 g/mol. The Morgan fingerprint density at radius 3 is 2.66 bits per heavy atom. The second-order valence-corrected chi connectivity index (χ2v) is 10.6. The first kappa shape index (κ1) is 25.7. The first-order valence-corrected chi connectivity index (χ1v) is 13.3.